The van der Waals surface area contributed by atoms with Gasteiger partial charge in [0.05, 0.1) is 11.1 Å². The van der Waals surface area contributed by atoms with Crippen LogP contribution in [0.25, 0.3) is 15.9 Å². The van der Waals surface area contributed by atoms with Gasteiger partial charge in [0.25, 0.3) is 5.56 Å². The fraction of sp³-hybridized carbons (Fsp3) is 0.381. The van der Waals surface area contributed by atoms with Gasteiger partial charge in [0.2, 0.25) is 5.91 Å². The second-order valence-electron chi connectivity index (χ2n) is 7.36. The van der Waals surface area contributed by atoms with E-state index in [2.05, 4.69) is 5.32 Å². The number of para-hydroxylation sites is 1. The summed E-state index contributed by atoms with van der Waals surface area (Å²) < 4.78 is 2.61. The molecular formula is C21H23N3O3S. The molecule has 1 N–H and O–H groups in total. The fourth-order valence-electron chi connectivity index (χ4n) is 3.89. The molecule has 0 spiro atoms. The Balaban J connectivity index is 1.87. The number of hydrogen-bond donors (Lipinski definition) is 1. The highest BCUT2D eigenvalue weighted by molar-refractivity contribution is 7.18. The maximum Gasteiger partial charge on any atom is 0.337 e. The van der Waals surface area contributed by atoms with Crippen LogP contribution in [0.1, 0.15) is 36.1 Å². The average molecular weight is 398 g/mol. The van der Waals surface area contributed by atoms with Gasteiger partial charge in [-0.2, -0.15) is 0 Å². The number of aromatic nitrogens is 2. The molecule has 2 heterocycles. The lowest BCUT2D eigenvalue weighted by molar-refractivity contribution is -0.122. The Hall–Kier alpha value is -2.67. The van der Waals surface area contributed by atoms with Gasteiger partial charge in [-0.1, -0.05) is 31.0 Å². The molecule has 1 aliphatic carbocycles. The Labute approximate surface area is 166 Å². The topological polar surface area (TPSA) is 73.1 Å². The molecule has 0 bridgehead atoms. The van der Waals surface area contributed by atoms with Crippen LogP contribution in [0.4, 0.5) is 0 Å². The summed E-state index contributed by atoms with van der Waals surface area (Å²) in [5, 5.41) is 3.55. The van der Waals surface area contributed by atoms with Crippen LogP contribution in [-0.2, 0) is 11.3 Å². The Morgan fingerprint density at radius 2 is 1.82 bits per heavy atom. The van der Waals surface area contributed by atoms with Crippen molar-refractivity contribution in [3.8, 4) is 5.69 Å². The van der Waals surface area contributed by atoms with Gasteiger partial charge in [-0.25, -0.2) is 9.36 Å². The van der Waals surface area contributed by atoms with E-state index < -0.39 is 5.69 Å². The standard InChI is InChI=1S/C21H23N3O3S/c1-13-14(2)28-20-18(13)19(26)24(16-10-4-3-5-11-16)21(27)23(20)12-17(25)22-15-8-6-7-9-15/h3-5,10-11,15H,6-9,12H2,1-2H3,(H,22,25). The highest BCUT2D eigenvalue weighted by Gasteiger charge is 2.22. The summed E-state index contributed by atoms with van der Waals surface area (Å²) in [5.41, 5.74) is 0.555. The molecule has 0 aliphatic heterocycles. The van der Waals surface area contributed by atoms with E-state index in [9.17, 15) is 14.4 Å². The first kappa shape index (κ1) is 18.7. The van der Waals surface area contributed by atoms with Crippen LogP contribution in [0.15, 0.2) is 39.9 Å². The average Bonchev–Trinajstić information content (AvgIpc) is 3.28. The number of benzene rings is 1. The summed E-state index contributed by atoms with van der Waals surface area (Å²) in [6, 6.07) is 9.05. The van der Waals surface area contributed by atoms with Gasteiger partial charge >= 0.3 is 5.69 Å². The lowest BCUT2D eigenvalue weighted by Crippen LogP contribution is -2.43. The molecular weight excluding hydrogens is 374 g/mol. The van der Waals surface area contributed by atoms with E-state index in [-0.39, 0.29) is 24.1 Å². The van der Waals surface area contributed by atoms with E-state index in [0.717, 1.165) is 36.1 Å². The molecule has 3 aromatic rings. The molecule has 1 amide bonds. The first-order chi connectivity index (χ1) is 13.5. The van der Waals surface area contributed by atoms with Crippen molar-refractivity contribution in [2.75, 3.05) is 0 Å². The van der Waals surface area contributed by atoms with Crippen LogP contribution in [0.3, 0.4) is 0 Å². The molecule has 0 radical (unpaired) electrons. The van der Waals surface area contributed by atoms with Gasteiger partial charge in [-0.15, -0.1) is 11.3 Å². The second-order valence-corrected chi connectivity index (χ2v) is 8.56. The van der Waals surface area contributed by atoms with E-state index in [0.29, 0.717) is 15.9 Å². The number of fused-ring (bicyclic) bond motifs is 1. The van der Waals surface area contributed by atoms with Gasteiger partial charge in [0.1, 0.15) is 11.4 Å². The molecule has 28 heavy (non-hydrogen) atoms. The lowest BCUT2D eigenvalue weighted by Gasteiger charge is -2.15. The number of carbonyl (C=O) groups is 1. The van der Waals surface area contributed by atoms with Crippen LogP contribution in [0.2, 0.25) is 0 Å². The van der Waals surface area contributed by atoms with Gasteiger partial charge in [0.15, 0.2) is 0 Å². The summed E-state index contributed by atoms with van der Waals surface area (Å²) in [6.45, 7) is 3.73. The molecule has 4 rings (SSSR count). The molecule has 7 heteroatoms. The summed E-state index contributed by atoms with van der Waals surface area (Å²) in [4.78, 5) is 40.6. The Kier molecular flexibility index (Phi) is 4.93. The Morgan fingerprint density at radius 3 is 2.50 bits per heavy atom. The zero-order chi connectivity index (χ0) is 19.8. The molecule has 0 unspecified atom stereocenters. The third-order valence-electron chi connectivity index (χ3n) is 5.49. The monoisotopic (exact) mass is 397 g/mol. The maximum absolute atomic E-state index is 13.3. The Morgan fingerprint density at radius 1 is 1.14 bits per heavy atom. The number of thiophene rings is 1. The van der Waals surface area contributed by atoms with Crippen molar-refractivity contribution in [2.24, 2.45) is 0 Å². The van der Waals surface area contributed by atoms with E-state index in [1.54, 1.807) is 24.3 Å². The van der Waals surface area contributed by atoms with Gasteiger partial charge in [0, 0.05) is 10.9 Å². The van der Waals surface area contributed by atoms with Gasteiger partial charge in [-0.05, 0) is 44.4 Å². The van der Waals surface area contributed by atoms with E-state index in [4.69, 9.17) is 0 Å². The third kappa shape index (κ3) is 3.20. The van der Waals surface area contributed by atoms with Crippen LogP contribution in [-0.4, -0.2) is 21.1 Å². The van der Waals surface area contributed by atoms with Crippen molar-refractivity contribution in [1.82, 2.24) is 14.5 Å². The summed E-state index contributed by atoms with van der Waals surface area (Å²) in [6.07, 6.45) is 4.21. The van der Waals surface area contributed by atoms with Gasteiger partial charge in [-0.3, -0.25) is 14.2 Å². The zero-order valence-electron chi connectivity index (χ0n) is 16.0. The smallest absolute Gasteiger partial charge is 0.337 e. The number of nitrogens with zero attached hydrogens (tertiary/aromatic N) is 2. The number of hydrogen-bond acceptors (Lipinski definition) is 4. The van der Waals surface area contributed by atoms with Crippen molar-refractivity contribution >= 4 is 27.5 Å². The number of aryl methyl sites for hydroxylation is 2. The maximum atomic E-state index is 13.3. The lowest BCUT2D eigenvalue weighted by atomic mass is 10.2. The fourth-order valence-corrected chi connectivity index (χ4v) is 5.03. The number of carbonyl (C=O) groups excluding carboxylic acids is 1. The summed E-state index contributed by atoms with van der Waals surface area (Å²) >= 11 is 1.39. The number of amides is 1. The first-order valence-electron chi connectivity index (χ1n) is 9.57. The largest absolute Gasteiger partial charge is 0.352 e. The van der Waals surface area contributed by atoms with E-state index in [1.165, 1.54) is 20.5 Å². The highest BCUT2D eigenvalue weighted by atomic mass is 32.1. The minimum Gasteiger partial charge on any atom is -0.352 e. The number of rotatable bonds is 4. The molecule has 1 saturated carbocycles. The summed E-state index contributed by atoms with van der Waals surface area (Å²) in [5.74, 6) is -0.183. The Bertz CT molecular complexity index is 1150. The predicted octanol–water partition coefficient (Wildman–Crippen LogP) is 2.89. The molecule has 1 aliphatic rings. The van der Waals surface area contributed by atoms with Crippen LogP contribution in [0, 0.1) is 13.8 Å². The quantitative estimate of drug-likeness (QED) is 0.736. The van der Waals surface area contributed by atoms with Crippen LogP contribution >= 0.6 is 11.3 Å². The number of nitrogens with one attached hydrogen (secondary N) is 1. The minimum absolute atomic E-state index is 0.0850. The molecule has 0 saturated heterocycles. The van der Waals surface area contributed by atoms with Gasteiger partial charge < -0.3 is 5.32 Å². The van der Waals surface area contributed by atoms with Crippen molar-refractivity contribution in [3.05, 3.63) is 61.6 Å². The van der Waals surface area contributed by atoms with Crippen molar-refractivity contribution < 1.29 is 4.79 Å². The second kappa shape index (κ2) is 7.39. The molecule has 146 valence electrons. The molecule has 1 aromatic carbocycles. The molecule has 6 nitrogen and oxygen atoms in total. The summed E-state index contributed by atoms with van der Waals surface area (Å²) in [7, 11) is 0. The first-order valence-corrected chi connectivity index (χ1v) is 10.4. The SMILES string of the molecule is Cc1sc2c(c1C)c(=O)n(-c1ccccc1)c(=O)n2CC(=O)NC1CCCC1. The van der Waals surface area contributed by atoms with Crippen molar-refractivity contribution in [2.45, 2.75) is 52.1 Å². The normalized spacial score (nSPS) is 14.6. The third-order valence-corrected chi connectivity index (χ3v) is 6.72. The van der Waals surface area contributed by atoms with Crippen LogP contribution < -0.4 is 16.6 Å². The minimum atomic E-state index is -0.480. The van der Waals surface area contributed by atoms with Crippen molar-refractivity contribution in [1.29, 1.82) is 0 Å². The predicted molar refractivity (Wildman–Crippen MR) is 112 cm³/mol. The van der Waals surface area contributed by atoms with Crippen LogP contribution in [0.5, 0.6) is 0 Å². The molecule has 2 aromatic heterocycles. The molecule has 0 atom stereocenters. The van der Waals surface area contributed by atoms with Crippen molar-refractivity contribution in [3.63, 3.8) is 0 Å². The van der Waals surface area contributed by atoms with E-state index in [1.807, 2.05) is 19.9 Å². The molecule has 1 fully saturated rings. The zero-order valence-corrected chi connectivity index (χ0v) is 16.8. The highest BCUT2D eigenvalue weighted by Crippen LogP contribution is 2.27. The van der Waals surface area contributed by atoms with E-state index >= 15 is 0 Å².